The van der Waals surface area contributed by atoms with Crippen LogP contribution >= 0.6 is 0 Å². The number of nitrogens with zero attached hydrogens (tertiary/aromatic N) is 1. The lowest BCUT2D eigenvalue weighted by Crippen LogP contribution is -2.30. The summed E-state index contributed by atoms with van der Waals surface area (Å²) in [6.45, 7) is 8.85. The first-order valence-corrected chi connectivity index (χ1v) is 8.72. The van der Waals surface area contributed by atoms with Gasteiger partial charge in [-0.25, -0.2) is 13.1 Å². The smallest absolute Gasteiger partial charge is 0.240 e. The molecular weight excluding hydrogens is 288 g/mol. The van der Waals surface area contributed by atoms with Crippen LogP contribution in [0.2, 0.25) is 0 Å². The minimum atomic E-state index is -3.49. The van der Waals surface area contributed by atoms with Crippen molar-refractivity contribution in [1.82, 2.24) is 9.62 Å². The average Bonchev–Trinajstić information content (AvgIpc) is 2.47. The standard InChI is InChI=1S/C15H24N2O3S/c1-4-17(5-2)12-6-11-16-21(19,20)15-9-7-14(8-10-15)13(3)18/h7-10,16H,4-6,11-12H2,1-3H3. The molecule has 0 saturated carbocycles. The molecule has 0 aliphatic carbocycles. The molecule has 0 bridgehead atoms. The van der Waals surface area contributed by atoms with Crippen molar-refractivity contribution in [2.24, 2.45) is 0 Å². The van der Waals surface area contributed by atoms with Crippen molar-refractivity contribution in [3.63, 3.8) is 0 Å². The van der Waals surface area contributed by atoms with E-state index in [9.17, 15) is 13.2 Å². The van der Waals surface area contributed by atoms with Gasteiger partial charge in [0.15, 0.2) is 5.78 Å². The van der Waals surface area contributed by atoms with Crippen LogP contribution in [0.15, 0.2) is 29.2 Å². The highest BCUT2D eigenvalue weighted by atomic mass is 32.2. The second-order valence-electron chi connectivity index (χ2n) is 4.86. The summed E-state index contributed by atoms with van der Waals surface area (Å²) >= 11 is 0. The van der Waals surface area contributed by atoms with Crippen molar-refractivity contribution in [2.75, 3.05) is 26.2 Å². The number of carbonyl (C=O) groups is 1. The maximum atomic E-state index is 12.1. The molecule has 0 aromatic heterocycles. The molecule has 0 saturated heterocycles. The summed E-state index contributed by atoms with van der Waals surface area (Å²) in [7, 11) is -3.49. The van der Waals surface area contributed by atoms with Crippen molar-refractivity contribution < 1.29 is 13.2 Å². The van der Waals surface area contributed by atoms with Crippen LogP contribution in [0.5, 0.6) is 0 Å². The summed E-state index contributed by atoms with van der Waals surface area (Å²) in [6.07, 6.45) is 0.770. The van der Waals surface area contributed by atoms with Gasteiger partial charge in [-0.15, -0.1) is 0 Å². The van der Waals surface area contributed by atoms with Gasteiger partial charge in [0.2, 0.25) is 10.0 Å². The molecule has 5 nitrogen and oxygen atoms in total. The van der Waals surface area contributed by atoms with Crippen molar-refractivity contribution in [3.05, 3.63) is 29.8 Å². The first kappa shape index (κ1) is 17.8. The number of Topliss-reactive ketones (excluding diaryl/α,β-unsaturated/α-hetero) is 1. The van der Waals surface area contributed by atoms with Crippen molar-refractivity contribution in [1.29, 1.82) is 0 Å². The average molecular weight is 312 g/mol. The largest absolute Gasteiger partial charge is 0.304 e. The summed E-state index contributed by atoms with van der Waals surface area (Å²) in [4.78, 5) is 13.6. The first-order chi connectivity index (χ1) is 9.90. The molecule has 0 fully saturated rings. The third-order valence-corrected chi connectivity index (χ3v) is 4.89. The van der Waals surface area contributed by atoms with Crippen LogP contribution in [0.1, 0.15) is 37.6 Å². The van der Waals surface area contributed by atoms with Gasteiger partial charge in [0.05, 0.1) is 4.90 Å². The van der Waals surface area contributed by atoms with Crippen LogP contribution in [0, 0.1) is 0 Å². The minimum absolute atomic E-state index is 0.0777. The Kier molecular flexibility index (Phi) is 7.01. The maximum Gasteiger partial charge on any atom is 0.240 e. The van der Waals surface area contributed by atoms with E-state index in [4.69, 9.17) is 0 Å². The number of rotatable bonds is 9. The van der Waals surface area contributed by atoms with Gasteiger partial charge in [-0.05, 0) is 45.1 Å². The van der Waals surface area contributed by atoms with Crippen LogP contribution < -0.4 is 4.72 Å². The van der Waals surface area contributed by atoms with E-state index in [0.29, 0.717) is 12.1 Å². The molecule has 0 aliphatic heterocycles. The highest BCUT2D eigenvalue weighted by molar-refractivity contribution is 7.89. The Balaban J connectivity index is 2.55. The molecule has 0 radical (unpaired) electrons. The van der Waals surface area contributed by atoms with E-state index in [1.807, 2.05) is 0 Å². The summed E-state index contributed by atoms with van der Waals surface area (Å²) in [5, 5.41) is 0. The molecule has 0 atom stereocenters. The Morgan fingerprint density at radius 3 is 2.19 bits per heavy atom. The van der Waals surface area contributed by atoms with Crippen LogP contribution in [-0.4, -0.2) is 45.3 Å². The van der Waals surface area contributed by atoms with E-state index < -0.39 is 10.0 Å². The van der Waals surface area contributed by atoms with E-state index in [-0.39, 0.29) is 10.7 Å². The van der Waals surface area contributed by atoms with E-state index in [0.717, 1.165) is 26.1 Å². The van der Waals surface area contributed by atoms with Crippen molar-refractivity contribution in [3.8, 4) is 0 Å². The third kappa shape index (κ3) is 5.57. The highest BCUT2D eigenvalue weighted by Gasteiger charge is 2.13. The molecule has 1 rings (SSSR count). The predicted molar refractivity (Wildman–Crippen MR) is 84.0 cm³/mol. The van der Waals surface area contributed by atoms with Crippen molar-refractivity contribution >= 4 is 15.8 Å². The van der Waals surface area contributed by atoms with Gasteiger partial charge in [-0.1, -0.05) is 26.0 Å². The SMILES string of the molecule is CCN(CC)CCCNS(=O)(=O)c1ccc(C(C)=O)cc1. The van der Waals surface area contributed by atoms with Crippen LogP contribution in [-0.2, 0) is 10.0 Å². The maximum absolute atomic E-state index is 12.1. The Bertz CT molecular complexity index is 549. The van der Waals surface area contributed by atoms with Crippen molar-refractivity contribution in [2.45, 2.75) is 32.1 Å². The lowest BCUT2D eigenvalue weighted by molar-refractivity contribution is 0.101. The Morgan fingerprint density at radius 1 is 1.14 bits per heavy atom. The molecule has 1 aromatic carbocycles. The highest BCUT2D eigenvalue weighted by Crippen LogP contribution is 2.10. The third-order valence-electron chi connectivity index (χ3n) is 3.41. The second kappa shape index (κ2) is 8.26. The summed E-state index contributed by atoms with van der Waals surface area (Å²) in [5.74, 6) is -0.0777. The Hall–Kier alpha value is -1.24. The van der Waals surface area contributed by atoms with Crippen LogP contribution in [0.25, 0.3) is 0 Å². The molecule has 0 heterocycles. The fourth-order valence-corrected chi connectivity index (χ4v) is 3.08. The fourth-order valence-electron chi connectivity index (χ4n) is 2.00. The zero-order chi connectivity index (χ0) is 15.9. The molecule has 1 N–H and O–H groups in total. The van der Waals surface area contributed by atoms with Gasteiger partial charge >= 0.3 is 0 Å². The number of benzene rings is 1. The van der Waals surface area contributed by atoms with E-state index in [2.05, 4.69) is 23.5 Å². The second-order valence-corrected chi connectivity index (χ2v) is 6.63. The lowest BCUT2D eigenvalue weighted by Gasteiger charge is -2.17. The number of ketones is 1. The fraction of sp³-hybridized carbons (Fsp3) is 0.533. The lowest BCUT2D eigenvalue weighted by atomic mass is 10.2. The van der Waals surface area contributed by atoms with Gasteiger partial charge in [0, 0.05) is 12.1 Å². The Labute approximate surface area is 127 Å². The molecule has 0 spiro atoms. The van der Waals surface area contributed by atoms with E-state index in [1.54, 1.807) is 0 Å². The summed E-state index contributed by atoms with van der Waals surface area (Å²) < 4.78 is 26.8. The van der Waals surface area contributed by atoms with Gasteiger partial charge in [0.1, 0.15) is 0 Å². The molecule has 118 valence electrons. The molecular formula is C15H24N2O3S. The quantitative estimate of drug-likeness (QED) is 0.559. The summed E-state index contributed by atoms with van der Waals surface area (Å²) in [5.41, 5.74) is 0.510. The number of nitrogens with one attached hydrogen (secondary N) is 1. The molecule has 0 unspecified atom stereocenters. The molecule has 21 heavy (non-hydrogen) atoms. The number of sulfonamides is 1. The van der Waals surface area contributed by atoms with E-state index in [1.165, 1.54) is 31.2 Å². The van der Waals surface area contributed by atoms with Gasteiger partial charge in [-0.3, -0.25) is 4.79 Å². The number of hydrogen-bond acceptors (Lipinski definition) is 4. The Morgan fingerprint density at radius 2 is 1.71 bits per heavy atom. The zero-order valence-corrected chi connectivity index (χ0v) is 13.7. The normalized spacial score (nSPS) is 11.8. The topological polar surface area (TPSA) is 66.5 Å². The number of carbonyl (C=O) groups excluding carboxylic acids is 1. The molecule has 0 aliphatic rings. The zero-order valence-electron chi connectivity index (χ0n) is 12.9. The first-order valence-electron chi connectivity index (χ1n) is 7.23. The number of hydrogen-bond donors (Lipinski definition) is 1. The van der Waals surface area contributed by atoms with Crippen LogP contribution in [0.4, 0.5) is 0 Å². The molecule has 1 aromatic rings. The predicted octanol–water partition coefficient (Wildman–Crippen LogP) is 1.90. The van der Waals surface area contributed by atoms with E-state index >= 15 is 0 Å². The van der Waals surface area contributed by atoms with Gasteiger partial charge < -0.3 is 4.90 Å². The van der Waals surface area contributed by atoms with Gasteiger partial charge in [-0.2, -0.15) is 0 Å². The molecule has 6 heteroatoms. The molecule has 0 amide bonds. The van der Waals surface area contributed by atoms with Gasteiger partial charge in [0.25, 0.3) is 0 Å². The minimum Gasteiger partial charge on any atom is -0.304 e. The van der Waals surface area contributed by atoms with Crippen LogP contribution in [0.3, 0.4) is 0 Å². The summed E-state index contributed by atoms with van der Waals surface area (Å²) in [6, 6.07) is 5.99. The monoisotopic (exact) mass is 312 g/mol.